The highest BCUT2D eigenvalue weighted by molar-refractivity contribution is 5.71. The summed E-state index contributed by atoms with van der Waals surface area (Å²) in [6.45, 7) is 2.68. The lowest BCUT2D eigenvalue weighted by Crippen LogP contribution is -2.43. The molecule has 0 aliphatic carbocycles. The molecule has 0 radical (unpaired) electrons. The van der Waals surface area contributed by atoms with Crippen molar-refractivity contribution in [3.8, 4) is 0 Å². The van der Waals surface area contributed by atoms with Crippen LogP contribution in [0.5, 0.6) is 0 Å². The van der Waals surface area contributed by atoms with Crippen molar-refractivity contribution in [2.75, 3.05) is 27.7 Å². The molecule has 0 rings (SSSR count). The number of allylic oxidation sites excluding steroid dienone is 2. The fraction of sp³-hybridized carbons (Fsp3) is 0.778. The normalized spacial score (nSPS) is 13.2. The average Bonchev–Trinajstić information content (AvgIpc) is 2.39. The SMILES string of the molecule is CCCCC/C=C/CCCC(=O)OC(CC(=O)O)C[N+](C)(C)C. The van der Waals surface area contributed by atoms with E-state index in [0.29, 0.717) is 17.4 Å². The van der Waals surface area contributed by atoms with Crippen molar-refractivity contribution in [2.24, 2.45) is 0 Å². The Hall–Kier alpha value is -1.36. The molecule has 0 bridgehead atoms. The molecule has 0 saturated heterocycles. The number of unbranched alkanes of at least 4 members (excludes halogenated alkanes) is 4. The van der Waals surface area contributed by atoms with E-state index in [-0.39, 0.29) is 12.4 Å². The fourth-order valence-corrected chi connectivity index (χ4v) is 2.31. The van der Waals surface area contributed by atoms with Gasteiger partial charge in [-0.15, -0.1) is 0 Å². The molecule has 1 N–H and O–H groups in total. The maximum Gasteiger partial charge on any atom is 0.307 e. The number of hydrogen-bond donors (Lipinski definition) is 1. The number of aliphatic carboxylic acids is 1. The highest BCUT2D eigenvalue weighted by atomic mass is 16.5. The van der Waals surface area contributed by atoms with Crippen molar-refractivity contribution in [3.63, 3.8) is 0 Å². The van der Waals surface area contributed by atoms with Crippen LogP contribution in [0.25, 0.3) is 0 Å². The summed E-state index contributed by atoms with van der Waals surface area (Å²) < 4.78 is 5.90. The Morgan fingerprint density at radius 3 is 2.22 bits per heavy atom. The van der Waals surface area contributed by atoms with Crippen LogP contribution in [0.1, 0.15) is 58.3 Å². The van der Waals surface area contributed by atoms with Gasteiger partial charge in [-0.05, 0) is 25.7 Å². The van der Waals surface area contributed by atoms with Crippen LogP contribution < -0.4 is 0 Å². The van der Waals surface area contributed by atoms with Crippen molar-refractivity contribution in [1.29, 1.82) is 0 Å². The number of quaternary nitrogens is 1. The third-order valence-electron chi connectivity index (χ3n) is 3.34. The van der Waals surface area contributed by atoms with Crippen molar-refractivity contribution in [3.05, 3.63) is 12.2 Å². The van der Waals surface area contributed by atoms with Crippen LogP contribution in [0.15, 0.2) is 12.2 Å². The van der Waals surface area contributed by atoms with Crippen LogP contribution in [0.4, 0.5) is 0 Å². The maximum atomic E-state index is 11.8. The van der Waals surface area contributed by atoms with Crippen LogP contribution in [-0.2, 0) is 14.3 Å². The molecule has 0 fully saturated rings. The molecule has 0 amide bonds. The minimum atomic E-state index is -0.939. The van der Waals surface area contributed by atoms with E-state index in [0.717, 1.165) is 19.3 Å². The smallest absolute Gasteiger partial charge is 0.307 e. The van der Waals surface area contributed by atoms with Gasteiger partial charge in [0.2, 0.25) is 0 Å². The third-order valence-corrected chi connectivity index (χ3v) is 3.34. The van der Waals surface area contributed by atoms with Gasteiger partial charge in [0, 0.05) is 6.42 Å². The van der Waals surface area contributed by atoms with Gasteiger partial charge in [-0.3, -0.25) is 9.59 Å². The predicted molar refractivity (Wildman–Crippen MR) is 92.2 cm³/mol. The zero-order valence-electron chi connectivity index (χ0n) is 15.2. The summed E-state index contributed by atoms with van der Waals surface area (Å²) in [6, 6.07) is 0. The first-order chi connectivity index (χ1) is 10.7. The Kier molecular flexibility index (Phi) is 11.4. The first-order valence-corrected chi connectivity index (χ1v) is 8.61. The summed E-state index contributed by atoms with van der Waals surface area (Å²) >= 11 is 0. The molecule has 0 aromatic carbocycles. The number of nitrogens with zero attached hydrogens (tertiary/aromatic N) is 1. The molecular formula is C18H34NO4+. The predicted octanol–water partition coefficient (Wildman–Crippen LogP) is 3.39. The van der Waals surface area contributed by atoms with Crippen LogP contribution >= 0.6 is 0 Å². The lowest BCUT2D eigenvalue weighted by atomic mass is 10.1. The number of carbonyl (C=O) groups excluding carboxylic acids is 1. The van der Waals surface area contributed by atoms with E-state index < -0.39 is 12.1 Å². The molecule has 0 aliphatic rings. The summed E-state index contributed by atoms with van der Waals surface area (Å²) in [4.78, 5) is 22.7. The minimum Gasteiger partial charge on any atom is -0.481 e. The Balaban J connectivity index is 4.01. The summed E-state index contributed by atoms with van der Waals surface area (Å²) in [5, 5.41) is 8.92. The first-order valence-electron chi connectivity index (χ1n) is 8.61. The molecule has 0 aliphatic heterocycles. The van der Waals surface area contributed by atoms with E-state index in [1.54, 1.807) is 0 Å². The topological polar surface area (TPSA) is 63.6 Å². The van der Waals surface area contributed by atoms with Crippen molar-refractivity contribution < 1.29 is 23.9 Å². The highest BCUT2D eigenvalue weighted by Gasteiger charge is 2.24. The molecular weight excluding hydrogens is 294 g/mol. The molecule has 5 heteroatoms. The molecule has 0 aromatic rings. The number of likely N-dealkylation sites (N-methyl/N-ethyl adjacent to an activating group) is 1. The molecule has 0 spiro atoms. The number of ether oxygens (including phenoxy) is 1. The van der Waals surface area contributed by atoms with Gasteiger partial charge in [0.15, 0.2) is 6.10 Å². The van der Waals surface area contributed by atoms with Crippen molar-refractivity contribution >= 4 is 11.9 Å². The number of carbonyl (C=O) groups is 2. The highest BCUT2D eigenvalue weighted by Crippen LogP contribution is 2.09. The molecule has 0 saturated carbocycles. The van der Waals surface area contributed by atoms with Gasteiger partial charge >= 0.3 is 11.9 Å². The monoisotopic (exact) mass is 328 g/mol. The van der Waals surface area contributed by atoms with Gasteiger partial charge < -0.3 is 14.3 Å². The number of carboxylic acid groups (broad SMARTS) is 1. The summed E-state index contributed by atoms with van der Waals surface area (Å²) in [7, 11) is 5.85. The van der Waals surface area contributed by atoms with E-state index in [2.05, 4.69) is 19.1 Å². The van der Waals surface area contributed by atoms with Crippen molar-refractivity contribution in [1.82, 2.24) is 0 Å². The second-order valence-corrected chi connectivity index (χ2v) is 7.04. The Bertz CT molecular complexity index is 372. The quantitative estimate of drug-likeness (QED) is 0.244. The van der Waals surface area contributed by atoms with E-state index in [4.69, 9.17) is 9.84 Å². The second kappa shape index (κ2) is 12.1. The van der Waals surface area contributed by atoms with E-state index >= 15 is 0 Å². The number of hydrogen-bond acceptors (Lipinski definition) is 3. The largest absolute Gasteiger partial charge is 0.481 e. The van der Waals surface area contributed by atoms with Crippen LogP contribution in [0.3, 0.4) is 0 Å². The average molecular weight is 328 g/mol. The van der Waals surface area contributed by atoms with Gasteiger partial charge in [-0.1, -0.05) is 31.9 Å². The Morgan fingerprint density at radius 1 is 1.09 bits per heavy atom. The standard InChI is InChI=1S/C18H33NO4/c1-5-6-7-8-9-10-11-12-13-18(22)23-16(14-17(20)21)15-19(2,3)4/h9-10,16H,5-8,11-15H2,1-4H3/p+1/b10-9+. The number of esters is 1. The zero-order chi connectivity index (χ0) is 17.7. The fourth-order valence-electron chi connectivity index (χ4n) is 2.31. The van der Waals surface area contributed by atoms with Crippen molar-refractivity contribution in [2.45, 2.75) is 64.4 Å². The van der Waals surface area contributed by atoms with Crippen LogP contribution in [0.2, 0.25) is 0 Å². The van der Waals surface area contributed by atoms with Gasteiger partial charge in [0.25, 0.3) is 0 Å². The molecule has 1 atom stereocenters. The lowest BCUT2D eigenvalue weighted by molar-refractivity contribution is -0.873. The maximum absolute atomic E-state index is 11.8. The van der Waals surface area contributed by atoms with E-state index in [1.807, 2.05) is 21.1 Å². The molecule has 5 nitrogen and oxygen atoms in total. The van der Waals surface area contributed by atoms with E-state index in [1.165, 1.54) is 19.3 Å². The summed E-state index contributed by atoms with van der Waals surface area (Å²) in [6.07, 6.45) is 10.3. The number of carboxylic acids is 1. The molecule has 134 valence electrons. The zero-order valence-corrected chi connectivity index (χ0v) is 15.2. The first kappa shape index (κ1) is 21.6. The number of rotatable bonds is 13. The molecule has 1 unspecified atom stereocenters. The summed E-state index contributed by atoms with van der Waals surface area (Å²) in [5.74, 6) is -1.24. The minimum absolute atomic E-state index is 0.140. The third kappa shape index (κ3) is 15.3. The lowest BCUT2D eigenvalue weighted by Gasteiger charge is -2.28. The summed E-state index contributed by atoms with van der Waals surface area (Å²) in [5.41, 5.74) is 0. The molecule has 0 heterocycles. The van der Waals surface area contributed by atoms with Gasteiger partial charge in [0.1, 0.15) is 6.54 Å². The van der Waals surface area contributed by atoms with Gasteiger partial charge in [-0.25, -0.2) is 0 Å². The van der Waals surface area contributed by atoms with E-state index in [9.17, 15) is 9.59 Å². The molecule has 0 aromatic heterocycles. The Morgan fingerprint density at radius 2 is 1.70 bits per heavy atom. The van der Waals surface area contributed by atoms with Crippen LogP contribution in [0, 0.1) is 0 Å². The molecule has 23 heavy (non-hydrogen) atoms. The Labute approximate surface area is 140 Å². The van der Waals surface area contributed by atoms with Gasteiger partial charge in [0.05, 0.1) is 27.6 Å². The van der Waals surface area contributed by atoms with Crippen LogP contribution in [-0.4, -0.2) is 55.3 Å². The van der Waals surface area contributed by atoms with Gasteiger partial charge in [-0.2, -0.15) is 0 Å². The second-order valence-electron chi connectivity index (χ2n) is 7.04.